The molecule has 1 N–H and O–H groups in total. The fourth-order valence-electron chi connectivity index (χ4n) is 3.09. The van der Waals surface area contributed by atoms with Crippen molar-refractivity contribution in [3.05, 3.63) is 0 Å². The van der Waals surface area contributed by atoms with Crippen LogP contribution in [0.1, 0.15) is 53.4 Å². The Bertz CT molecular complexity index is 355. The van der Waals surface area contributed by atoms with Crippen LogP contribution < -0.4 is 5.32 Å². The lowest BCUT2D eigenvalue weighted by Gasteiger charge is -2.45. The summed E-state index contributed by atoms with van der Waals surface area (Å²) in [6, 6.07) is -0.447. The van der Waals surface area contributed by atoms with Gasteiger partial charge >= 0.3 is 0 Å². The fraction of sp³-hybridized carbons (Fsp3) is 0.857. The fourth-order valence-corrected chi connectivity index (χ4v) is 3.09. The molecule has 4 heteroatoms. The van der Waals surface area contributed by atoms with Crippen molar-refractivity contribution in [2.45, 2.75) is 71.5 Å². The maximum Gasteiger partial charge on any atom is 0.245 e. The molecule has 0 spiro atoms. The molecule has 2 aliphatic rings. The molecule has 18 heavy (non-hydrogen) atoms. The van der Waals surface area contributed by atoms with Crippen LogP contribution in [0.5, 0.6) is 0 Å². The molecule has 1 heterocycles. The summed E-state index contributed by atoms with van der Waals surface area (Å²) in [6.07, 6.45) is 4.29. The molecule has 102 valence electrons. The number of hydrogen-bond acceptors (Lipinski definition) is 2. The Morgan fingerprint density at radius 2 is 1.72 bits per heavy atom. The average Bonchev–Trinajstić information content (AvgIpc) is 2.29. The molecule has 2 fully saturated rings. The van der Waals surface area contributed by atoms with Crippen LogP contribution >= 0.6 is 0 Å². The van der Waals surface area contributed by atoms with Gasteiger partial charge in [0.15, 0.2) is 0 Å². The van der Waals surface area contributed by atoms with E-state index in [0.29, 0.717) is 5.41 Å². The molecular formula is C14H24N2O2. The first-order chi connectivity index (χ1) is 8.32. The molecule has 0 aromatic heterocycles. The largest absolute Gasteiger partial charge is 0.343 e. The molecule has 2 unspecified atom stereocenters. The highest BCUT2D eigenvalue weighted by atomic mass is 16.2. The van der Waals surface area contributed by atoms with E-state index in [2.05, 4.69) is 19.2 Å². The van der Waals surface area contributed by atoms with Gasteiger partial charge < -0.3 is 10.2 Å². The first kappa shape index (κ1) is 13.4. The van der Waals surface area contributed by atoms with Crippen LogP contribution in [0.15, 0.2) is 0 Å². The zero-order valence-corrected chi connectivity index (χ0v) is 11.8. The SMILES string of the molecule is CC1NC(=O)C(C)N(C2CCC(C)(C)CC2)C1=O. The van der Waals surface area contributed by atoms with Crippen LogP contribution in [0.4, 0.5) is 0 Å². The highest BCUT2D eigenvalue weighted by Gasteiger charge is 2.41. The number of amides is 2. The number of carbonyl (C=O) groups is 2. The topological polar surface area (TPSA) is 49.4 Å². The Balaban J connectivity index is 2.11. The Morgan fingerprint density at radius 3 is 2.28 bits per heavy atom. The normalized spacial score (nSPS) is 33.4. The van der Waals surface area contributed by atoms with Gasteiger partial charge in [-0.1, -0.05) is 13.8 Å². The minimum absolute atomic E-state index is 0.0214. The zero-order valence-electron chi connectivity index (χ0n) is 11.8. The summed E-state index contributed by atoms with van der Waals surface area (Å²) < 4.78 is 0. The predicted octanol–water partition coefficient (Wildman–Crippen LogP) is 1.69. The molecule has 4 nitrogen and oxygen atoms in total. The van der Waals surface area contributed by atoms with Gasteiger partial charge in [-0.05, 0) is 44.9 Å². The van der Waals surface area contributed by atoms with Gasteiger partial charge in [0, 0.05) is 6.04 Å². The van der Waals surface area contributed by atoms with Gasteiger partial charge in [-0.2, -0.15) is 0 Å². The Hall–Kier alpha value is -1.06. The smallest absolute Gasteiger partial charge is 0.245 e. The molecule has 1 aliphatic carbocycles. The number of nitrogens with one attached hydrogen (secondary N) is 1. The molecule has 0 aromatic rings. The first-order valence-electron chi connectivity index (χ1n) is 6.94. The predicted molar refractivity (Wildman–Crippen MR) is 69.9 cm³/mol. The van der Waals surface area contributed by atoms with Crippen molar-refractivity contribution in [3.8, 4) is 0 Å². The van der Waals surface area contributed by atoms with Crippen molar-refractivity contribution in [1.29, 1.82) is 0 Å². The minimum Gasteiger partial charge on any atom is -0.343 e. The van der Waals surface area contributed by atoms with Crippen LogP contribution in [0, 0.1) is 5.41 Å². The number of rotatable bonds is 1. The van der Waals surface area contributed by atoms with E-state index in [1.807, 2.05) is 11.8 Å². The molecule has 2 rings (SSSR count). The summed E-state index contributed by atoms with van der Waals surface area (Å²) in [5, 5.41) is 2.73. The van der Waals surface area contributed by atoms with E-state index in [0.717, 1.165) is 25.7 Å². The summed E-state index contributed by atoms with van der Waals surface area (Å²) in [4.78, 5) is 25.9. The van der Waals surface area contributed by atoms with Gasteiger partial charge in [0.05, 0.1) is 0 Å². The molecule has 1 saturated heterocycles. The minimum atomic E-state index is -0.372. The van der Waals surface area contributed by atoms with Crippen molar-refractivity contribution in [1.82, 2.24) is 10.2 Å². The second-order valence-electron chi connectivity index (χ2n) is 6.55. The highest BCUT2D eigenvalue weighted by Crippen LogP contribution is 2.37. The summed E-state index contributed by atoms with van der Waals surface area (Å²) in [5.74, 6) is 0.0544. The third-order valence-corrected chi connectivity index (χ3v) is 4.48. The monoisotopic (exact) mass is 252 g/mol. The summed E-state index contributed by atoms with van der Waals surface area (Å²) >= 11 is 0. The van der Waals surface area contributed by atoms with Gasteiger partial charge in [-0.3, -0.25) is 9.59 Å². The Labute approximate surface area is 109 Å². The van der Waals surface area contributed by atoms with Crippen molar-refractivity contribution in [2.75, 3.05) is 0 Å². The van der Waals surface area contributed by atoms with E-state index >= 15 is 0 Å². The Morgan fingerprint density at radius 1 is 1.17 bits per heavy atom. The van der Waals surface area contributed by atoms with E-state index in [4.69, 9.17) is 0 Å². The Kier molecular flexibility index (Phi) is 3.39. The summed E-state index contributed by atoms with van der Waals surface area (Å²) in [7, 11) is 0. The molecule has 2 amide bonds. The van der Waals surface area contributed by atoms with Crippen molar-refractivity contribution >= 4 is 11.8 Å². The lowest BCUT2D eigenvalue weighted by molar-refractivity contribution is -0.152. The van der Waals surface area contributed by atoms with Gasteiger partial charge in [0.25, 0.3) is 0 Å². The average molecular weight is 252 g/mol. The maximum atomic E-state index is 12.3. The van der Waals surface area contributed by atoms with Crippen LogP contribution in [0.3, 0.4) is 0 Å². The van der Waals surface area contributed by atoms with Gasteiger partial charge in [-0.15, -0.1) is 0 Å². The van der Waals surface area contributed by atoms with E-state index in [1.165, 1.54) is 0 Å². The molecule has 0 aromatic carbocycles. The molecular weight excluding hydrogens is 228 g/mol. The van der Waals surface area contributed by atoms with Gasteiger partial charge in [0.1, 0.15) is 12.1 Å². The van der Waals surface area contributed by atoms with Crippen LogP contribution in [0.2, 0.25) is 0 Å². The molecule has 0 bridgehead atoms. The summed E-state index contributed by atoms with van der Waals surface area (Å²) in [6.45, 7) is 8.16. The number of piperazine rings is 1. The van der Waals surface area contributed by atoms with E-state index in [9.17, 15) is 9.59 Å². The van der Waals surface area contributed by atoms with Crippen molar-refractivity contribution in [3.63, 3.8) is 0 Å². The maximum absolute atomic E-state index is 12.3. The third-order valence-electron chi connectivity index (χ3n) is 4.48. The second kappa shape index (κ2) is 4.56. The van der Waals surface area contributed by atoms with E-state index < -0.39 is 0 Å². The number of nitrogens with zero attached hydrogens (tertiary/aromatic N) is 1. The highest BCUT2D eigenvalue weighted by molar-refractivity contribution is 5.96. The van der Waals surface area contributed by atoms with Crippen molar-refractivity contribution in [2.24, 2.45) is 5.41 Å². The van der Waals surface area contributed by atoms with Crippen LogP contribution in [0.25, 0.3) is 0 Å². The third kappa shape index (κ3) is 2.38. The quantitative estimate of drug-likeness (QED) is 0.772. The number of carbonyl (C=O) groups excluding carboxylic acids is 2. The van der Waals surface area contributed by atoms with E-state index in [1.54, 1.807) is 6.92 Å². The molecule has 1 saturated carbocycles. The van der Waals surface area contributed by atoms with Crippen LogP contribution in [-0.2, 0) is 9.59 Å². The summed E-state index contributed by atoms with van der Waals surface area (Å²) in [5.41, 5.74) is 0.381. The zero-order chi connectivity index (χ0) is 13.5. The number of hydrogen-bond donors (Lipinski definition) is 1. The standard InChI is InChI=1S/C14H24N2O2/c1-9-13(18)16(10(2)12(17)15-9)11-5-7-14(3,4)8-6-11/h9-11H,5-8H2,1-4H3,(H,15,17). The van der Waals surface area contributed by atoms with Gasteiger partial charge in [0.2, 0.25) is 11.8 Å². The lowest BCUT2D eigenvalue weighted by Crippen LogP contribution is -2.64. The second-order valence-corrected chi connectivity index (χ2v) is 6.55. The molecule has 1 aliphatic heterocycles. The molecule has 0 radical (unpaired) electrons. The van der Waals surface area contributed by atoms with Crippen LogP contribution in [-0.4, -0.2) is 34.8 Å². The van der Waals surface area contributed by atoms with Crippen molar-refractivity contribution < 1.29 is 9.59 Å². The van der Waals surface area contributed by atoms with E-state index in [-0.39, 0.29) is 29.9 Å². The van der Waals surface area contributed by atoms with Gasteiger partial charge in [-0.25, -0.2) is 0 Å². The molecule has 2 atom stereocenters. The first-order valence-corrected chi connectivity index (χ1v) is 6.94. The lowest BCUT2D eigenvalue weighted by atomic mass is 9.75.